The SMILES string of the molecule is Cc1occc1C(=O)N1CC2(CN(Cc3ccccc3)CC2C(=O)NC(C)C)C1. The van der Waals surface area contributed by atoms with Crippen molar-refractivity contribution in [3.63, 3.8) is 0 Å². The minimum atomic E-state index is -0.180. The summed E-state index contributed by atoms with van der Waals surface area (Å²) < 4.78 is 5.29. The third kappa shape index (κ3) is 3.81. The number of carbonyl (C=O) groups is 2. The van der Waals surface area contributed by atoms with Gasteiger partial charge in [-0.2, -0.15) is 0 Å². The first-order chi connectivity index (χ1) is 13.9. The van der Waals surface area contributed by atoms with Crippen molar-refractivity contribution in [2.45, 2.75) is 33.4 Å². The first kappa shape index (κ1) is 19.7. The summed E-state index contributed by atoms with van der Waals surface area (Å²) in [5.41, 5.74) is 1.68. The van der Waals surface area contributed by atoms with Gasteiger partial charge in [0.2, 0.25) is 5.91 Å². The number of furan rings is 1. The molecule has 0 bridgehead atoms. The van der Waals surface area contributed by atoms with Crippen LogP contribution in [0.25, 0.3) is 0 Å². The zero-order valence-electron chi connectivity index (χ0n) is 17.4. The summed E-state index contributed by atoms with van der Waals surface area (Å²) in [7, 11) is 0. The average Bonchev–Trinajstić information content (AvgIpc) is 3.24. The molecule has 0 radical (unpaired) electrons. The fourth-order valence-corrected chi connectivity index (χ4v) is 4.74. The number of benzene rings is 1. The van der Waals surface area contributed by atoms with Crippen molar-refractivity contribution < 1.29 is 14.0 Å². The maximum absolute atomic E-state index is 13.0. The van der Waals surface area contributed by atoms with Crippen molar-refractivity contribution >= 4 is 11.8 Å². The van der Waals surface area contributed by atoms with Crippen LogP contribution in [-0.4, -0.2) is 53.8 Å². The summed E-state index contributed by atoms with van der Waals surface area (Å²) >= 11 is 0. The Morgan fingerprint density at radius 1 is 1.17 bits per heavy atom. The molecule has 1 unspecified atom stereocenters. The third-order valence-electron chi connectivity index (χ3n) is 6.10. The topological polar surface area (TPSA) is 65.8 Å². The van der Waals surface area contributed by atoms with E-state index in [1.54, 1.807) is 19.3 Å². The number of likely N-dealkylation sites (tertiary alicyclic amines) is 2. The van der Waals surface area contributed by atoms with Crippen LogP contribution in [0.3, 0.4) is 0 Å². The van der Waals surface area contributed by atoms with Crippen LogP contribution in [-0.2, 0) is 11.3 Å². The smallest absolute Gasteiger partial charge is 0.257 e. The normalized spacial score (nSPS) is 20.8. The molecule has 29 heavy (non-hydrogen) atoms. The molecule has 0 aliphatic carbocycles. The molecular weight excluding hydrogens is 366 g/mol. The van der Waals surface area contributed by atoms with E-state index in [1.807, 2.05) is 36.9 Å². The highest BCUT2D eigenvalue weighted by molar-refractivity contribution is 5.96. The van der Waals surface area contributed by atoms with Gasteiger partial charge in [0.25, 0.3) is 5.91 Å². The van der Waals surface area contributed by atoms with Crippen molar-refractivity contribution in [2.75, 3.05) is 26.2 Å². The van der Waals surface area contributed by atoms with Crippen LogP contribution >= 0.6 is 0 Å². The number of aryl methyl sites for hydroxylation is 1. The van der Waals surface area contributed by atoms with E-state index < -0.39 is 0 Å². The van der Waals surface area contributed by atoms with Gasteiger partial charge in [0, 0.05) is 44.2 Å². The van der Waals surface area contributed by atoms with Crippen LogP contribution in [0.1, 0.15) is 35.5 Å². The van der Waals surface area contributed by atoms with Gasteiger partial charge in [-0.05, 0) is 32.4 Å². The molecule has 4 rings (SSSR count). The number of nitrogens with zero attached hydrogens (tertiary/aromatic N) is 2. The number of hydrogen-bond acceptors (Lipinski definition) is 4. The Hall–Kier alpha value is -2.60. The summed E-state index contributed by atoms with van der Waals surface area (Å²) in [6.07, 6.45) is 1.55. The Morgan fingerprint density at radius 2 is 1.90 bits per heavy atom. The Bertz CT molecular complexity index is 884. The van der Waals surface area contributed by atoms with Gasteiger partial charge in [-0.25, -0.2) is 0 Å². The molecule has 1 aromatic carbocycles. The predicted molar refractivity (Wildman–Crippen MR) is 110 cm³/mol. The molecule has 1 aromatic heterocycles. The second-order valence-electron chi connectivity index (χ2n) is 8.79. The van der Waals surface area contributed by atoms with Crippen molar-refractivity contribution in [1.29, 1.82) is 0 Å². The molecule has 6 heteroatoms. The lowest BCUT2D eigenvalue weighted by Gasteiger charge is -2.50. The van der Waals surface area contributed by atoms with Crippen LogP contribution < -0.4 is 5.32 Å². The summed E-state index contributed by atoms with van der Waals surface area (Å²) in [6, 6.07) is 12.2. The number of nitrogens with one attached hydrogen (secondary N) is 1. The van der Waals surface area contributed by atoms with Crippen LogP contribution in [0.4, 0.5) is 0 Å². The Kier molecular flexibility index (Phi) is 5.21. The number of carbonyl (C=O) groups excluding carboxylic acids is 2. The molecule has 0 saturated carbocycles. The molecule has 1 N–H and O–H groups in total. The molecule has 2 aliphatic rings. The van der Waals surface area contributed by atoms with E-state index in [-0.39, 0.29) is 29.2 Å². The van der Waals surface area contributed by atoms with Gasteiger partial charge < -0.3 is 14.6 Å². The van der Waals surface area contributed by atoms with Gasteiger partial charge in [-0.15, -0.1) is 0 Å². The quantitative estimate of drug-likeness (QED) is 0.845. The van der Waals surface area contributed by atoms with E-state index >= 15 is 0 Å². The summed E-state index contributed by atoms with van der Waals surface area (Å²) in [4.78, 5) is 30.0. The molecule has 2 saturated heterocycles. The standard InChI is InChI=1S/C23H29N3O3/c1-16(2)24-21(27)20-12-25(11-18-7-5-4-6-8-18)13-23(20)14-26(15-23)22(28)19-9-10-29-17(19)3/h4-10,16,20H,11-15H2,1-3H3,(H,24,27). The lowest BCUT2D eigenvalue weighted by atomic mass is 9.71. The highest BCUT2D eigenvalue weighted by Gasteiger charge is 2.57. The van der Waals surface area contributed by atoms with Crippen LogP contribution in [0.15, 0.2) is 47.1 Å². The predicted octanol–water partition coefficient (Wildman–Crippen LogP) is 2.69. The molecule has 3 heterocycles. The van der Waals surface area contributed by atoms with E-state index in [2.05, 4.69) is 22.3 Å². The van der Waals surface area contributed by atoms with Gasteiger partial charge in [0.1, 0.15) is 5.76 Å². The fourth-order valence-electron chi connectivity index (χ4n) is 4.74. The van der Waals surface area contributed by atoms with Gasteiger partial charge in [0.05, 0.1) is 17.7 Å². The second-order valence-corrected chi connectivity index (χ2v) is 8.79. The largest absolute Gasteiger partial charge is 0.469 e. The van der Waals surface area contributed by atoms with Crippen LogP contribution in [0.5, 0.6) is 0 Å². The highest BCUT2D eigenvalue weighted by Crippen LogP contribution is 2.45. The molecule has 2 aliphatic heterocycles. The maximum Gasteiger partial charge on any atom is 0.257 e. The molecule has 2 amide bonds. The molecule has 6 nitrogen and oxygen atoms in total. The average molecular weight is 396 g/mol. The maximum atomic E-state index is 13.0. The Labute approximate surface area is 171 Å². The molecule has 2 fully saturated rings. The first-order valence-corrected chi connectivity index (χ1v) is 10.3. The van der Waals surface area contributed by atoms with Gasteiger partial charge in [-0.1, -0.05) is 30.3 Å². The minimum Gasteiger partial charge on any atom is -0.469 e. The van der Waals surface area contributed by atoms with Crippen LogP contribution in [0.2, 0.25) is 0 Å². The molecular formula is C23H29N3O3. The summed E-state index contributed by atoms with van der Waals surface area (Å²) in [6.45, 7) is 9.36. The molecule has 2 aromatic rings. The molecule has 1 spiro atoms. The lowest BCUT2D eigenvalue weighted by Crippen LogP contribution is -2.64. The number of rotatable bonds is 5. The lowest BCUT2D eigenvalue weighted by molar-refractivity contribution is -0.131. The summed E-state index contributed by atoms with van der Waals surface area (Å²) in [5.74, 6) is 0.624. The van der Waals surface area contributed by atoms with Crippen molar-refractivity contribution in [2.24, 2.45) is 11.3 Å². The van der Waals surface area contributed by atoms with Gasteiger partial charge >= 0.3 is 0 Å². The van der Waals surface area contributed by atoms with Crippen molar-refractivity contribution in [3.05, 3.63) is 59.5 Å². The molecule has 1 atom stereocenters. The zero-order valence-corrected chi connectivity index (χ0v) is 17.4. The highest BCUT2D eigenvalue weighted by atomic mass is 16.3. The van der Waals surface area contributed by atoms with E-state index in [0.717, 1.165) is 19.6 Å². The van der Waals surface area contributed by atoms with E-state index in [1.165, 1.54) is 5.56 Å². The summed E-state index contributed by atoms with van der Waals surface area (Å²) in [5, 5.41) is 3.09. The second kappa shape index (κ2) is 7.67. The van der Waals surface area contributed by atoms with Gasteiger partial charge in [-0.3, -0.25) is 14.5 Å². The third-order valence-corrected chi connectivity index (χ3v) is 6.10. The van der Waals surface area contributed by atoms with Gasteiger partial charge in [0.15, 0.2) is 0 Å². The monoisotopic (exact) mass is 395 g/mol. The minimum absolute atomic E-state index is 0.00796. The van der Waals surface area contributed by atoms with E-state index in [4.69, 9.17) is 4.42 Å². The Balaban J connectivity index is 1.49. The Morgan fingerprint density at radius 3 is 2.52 bits per heavy atom. The van der Waals surface area contributed by atoms with E-state index in [9.17, 15) is 9.59 Å². The number of amides is 2. The fraction of sp³-hybridized carbons (Fsp3) is 0.478. The van der Waals surface area contributed by atoms with Crippen molar-refractivity contribution in [3.8, 4) is 0 Å². The van der Waals surface area contributed by atoms with Crippen LogP contribution in [0, 0.1) is 18.3 Å². The van der Waals surface area contributed by atoms with E-state index in [0.29, 0.717) is 24.4 Å². The number of hydrogen-bond donors (Lipinski definition) is 1. The first-order valence-electron chi connectivity index (χ1n) is 10.3. The molecule has 154 valence electrons. The van der Waals surface area contributed by atoms with Crippen molar-refractivity contribution in [1.82, 2.24) is 15.1 Å². The zero-order chi connectivity index (χ0) is 20.6.